The molecule has 2 aromatic rings. The van der Waals surface area contributed by atoms with Crippen molar-refractivity contribution >= 4 is 18.0 Å². The van der Waals surface area contributed by atoms with Crippen molar-refractivity contribution < 1.29 is 29.3 Å². The van der Waals surface area contributed by atoms with Crippen LogP contribution in [-0.2, 0) is 14.3 Å². The molecule has 3 atom stereocenters. The van der Waals surface area contributed by atoms with Crippen LogP contribution in [0.3, 0.4) is 0 Å². The Balaban J connectivity index is 1.43. The summed E-state index contributed by atoms with van der Waals surface area (Å²) in [6.07, 6.45) is -0.0706. The van der Waals surface area contributed by atoms with Crippen LogP contribution in [0.2, 0.25) is 0 Å². The van der Waals surface area contributed by atoms with E-state index in [9.17, 15) is 24.6 Å². The van der Waals surface area contributed by atoms with Crippen LogP contribution in [0.15, 0.2) is 48.5 Å². The number of benzene rings is 2. The van der Waals surface area contributed by atoms with Gasteiger partial charge in [0, 0.05) is 13.0 Å². The standard InChI is InChI=1S/C25H28N2O6/c1-27(21-11-6-12-22(21)28)24(31)20(13-23(29)30)26-25(32)33-14-19-17-9-4-2-7-15(17)16-8-3-5-10-18(16)19/h2-5,7-10,19-22,28H,6,11-14H2,1H3,(H,26,32)(H,29,30)/t20?,21-,22-/m1/s1. The molecule has 1 unspecified atom stereocenters. The van der Waals surface area contributed by atoms with Crippen molar-refractivity contribution in [2.75, 3.05) is 13.7 Å². The Kier molecular flexibility index (Phi) is 6.65. The molecule has 0 heterocycles. The number of ether oxygens (including phenoxy) is 1. The minimum atomic E-state index is -1.28. The number of fused-ring (bicyclic) bond motifs is 3. The van der Waals surface area contributed by atoms with Crippen molar-refractivity contribution in [3.8, 4) is 11.1 Å². The maximum absolute atomic E-state index is 12.9. The van der Waals surface area contributed by atoms with Gasteiger partial charge in [-0.05, 0) is 41.5 Å². The number of carbonyl (C=O) groups excluding carboxylic acids is 2. The Hall–Kier alpha value is -3.39. The second-order valence-corrected chi connectivity index (χ2v) is 8.64. The fourth-order valence-corrected chi connectivity index (χ4v) is 4.94. The Morgan fingerprint density at radius 3 is 2.21 bits per heavy atom. The van der Waals surface area contributed by atoms with Crippen LogP contribution in [0.5, 0.6) is 0 Å². The van der Waals surface area contributed by atoms with Gasteiger partial charge in [-0.25, -0.2) is 4.79 Å². The molecule has 0 radical (unpaired) electrons. The summed E-state index contributed by atoms with van der Waals surface area (Å²) in [6, 6.07) is 14.2. The summed E-state index contributed by atoms with van der Waals surface area (Å²) in [5.74, 6) is -1.92. The third-order valence-electron chi connectivity index (χ3n) is 6.60. The highest BCUT2D eigenvalue weighted by molar-refractivity contribution is 5.89. The molecule has 2 aromatic carbocycles. The third-order valence-corrected chi connectivity index (χ3v) is 6.60. The number of hydrogen-bond acceptors (Lipinski definition) is 5. The monoisotopic (exact) mass is 452 g/mol. The molecular formula is C25H28N2O6. The first-order valence-corrected chi connectivity index (χ1v) is 11.1. The van der Waals surface area contributed by atoms with Gasteiger partial charge in [0.05, 0.1) is 18.6 Å². The number of carbonyl (C=O) groups is 3. The number of hydrogen-bond donors (Lipinski definition) is 3. The number of aliphatic hydroxyl groups excluding tert-OH is 1. The van der Waals surface area contributed by atoms with Gasteiger partial charge in [0.2, 0.25) is 5.91 Å². The second-order valence-electron chi connectivity index (χ2n) is 8.64. The summed E-state index contributed by atoms with van der Waals surface area (Å²) in [5.41, 5.74) is 4.30. The second kappa shape index (κ2) is 9.62. The van der Waals surface area contributed by atoms with E-state index in [4.69, 9.17) is 4.74 Å². The molecule has 4 rings (SSSR count). The number of amides is 2. The number of nitrogens with one attached hydrogen (secondary N) is 1. The van der Waals surface area contributed by atoms with Crippen LogP contribution in [-0.4, -0.2) is 64.9 Å². The van der Waals surface area contributed by atoms with E-state index in [1.165, 1.54) is 11.9 Å². The van der Waals surface area contributed by atoms with Crippen molar-refractivity contribution in [1.29, 1.82) is 0 Å². The SMILES string of the molecule is CN(C(=O)C(CC(=O)O)NC(=O)OCC1c2ccccc2-c2ccccc21)[C@@H]1CCC[C@H]1O. The number of nitrogens with zero attached hydrogens (tertiary/aromatic N) is 1. The first-order chi connectivity index (χ1) is 15.9. The van der Waals surface area contributed by atoms with Crippen molar-refractivity contribution in [1.82, 2.24) is 10.2 Å². The number of likely N-dealkylation sites (N-methyl/N-ethyl adjacent to an activating group) is 1. The van der Waals surface area contributed by atoms with E-state index in [0.717, 1.165) is 28.7 Å². The van der Waals surface area contributed by atoms with E-state index in [1.54, 1.807) is 0 Å². The molecule has 0 bridgehead atoms. The lowest BCUT2D eigenvalue weighted by Gasteiger charge is -2.30. The number of aliphatic hydroxyl groups is 1. The van der Waals surface area contributed by atoms with Crippen LogP contribution < -0.4 is 5.32 Å². The summed E-state index contributed by atoms with van der Waals surface area (Å²) >= 11 is 0. The molecule has 3 N–H and O–H groups in total. The number of carboxylic acids is 1. The largest absolute Gasteiger partial charge is 0.481 e. The molecule has 2 aliphatic rings. The Labute approximate surface area is 192 Å². The van der Waals surface area contributed by atoms with Gasteiger partial charge in [0.1, 0.15) is 12.6 Å². The molecule has 2 amide bonds. The summed E-state index contributed by atoms with van der Waals surface area (Å²) in [5, 5.41) is 21.8. The van der Waals surface area contributed by atoms with Crippen LogP contribution in [0.4, 0.5) is 4.79 Å². The molecule has 8 heteroatoms. The molecule has 0 saturated heterocycles. The zero-order valence-corrected chi connectivity index (χ0v) is 18.4. The van der Waals surface area contributed by atoms with Crippen molar-refractivity contribution in [3.63, 3.8) is 0 Å². The van der Waals surface area contributed by atoms with Gasteiger partial charge in [-0.1, -0.05) is 48.5 Å². The lowest BCUT2D eigenvalue weighted by Crippen LogP contribution is -2.52. The highest BCUT2D eigenvalue weighted by Crippen LogP contribution is 2.44. The van der Waals surface area contributed by atoms with Crippen LogP contribution in [0.25, 0.3) is 11.1 Å². The average molecular weight is 453 g/mol. The first kappa shape index (κ1) is 22.8. The minimum absolute atomic E-state index is 0.0605. The molecule has 1 saturated carbocycles. The third kappa shape index (κ3) is 4.71. The van der Waals surface area contributed by atoms with Crippen LogP contribution in [0, 0.1) is 0 Å². The van der Waals surface area contributed by atoms with E-state index in [0.29, 0.717) is 12.8 Å². The van der Waals surface area contributed by atoms with E-state index in [-0.39, 0.29) is 12.5 Å². The van der Waals surface area contributed by atoms with Crippen molar-refractivity contribution in [2.45, 2.75) is 49.8 Å². The number of aliphatic carboxylic acids is 1. The summed E-state index contributed by atoms with van der Waals surface area (Å²) in [6.45, 7) is 0.0605. The number of alkyl carbamates (subject to hydrolysis) is 1. The summed E-state index contributed by atoms with van der Waals surface area (Å²) < 4.78 is 5.47. The molecule has 33 heavy (non-hydrogen) atoms. The lowest BCUT2D eigenvalue weighted by atomic mass is 9.98. The predicted molar refractivity (Wildman–Crippen MR) is 121 cm³/mol. The quantitative estimate of drug-likeness (QED) is 0.595. The Morgan fingerprint density at radius 2 is 1.67 bits per heavy atom. The maximum atomic E-state index is 12.9. The highest BCUT2D eigenvalue weighted by atomic mass is 16.5. The van der Waals surface area contributed by atoms with Gasteiger partial charge >= 0.3 is 12.1 Å². The zero-order valence-electron chi connectivity index (χ0n) is 18.4. The Morgan fingerprint density at radius 1 is 1.06 bits per heavy atom. The van der Waals surface area contributed by atoms with Crippen molar-refractivity contribution in [2.24, 2.45) is 0 Å². The topological polar surface area (TPSA) is 116 Å². The summed E-state index contributed by atoms with van der Waals surface area (Å²) in [4.78, 5) is 38.2. The summed E-state index contributed by atoms with van der Waals surface area (Å²) in [7, 11) is 1.52. The molecule has 174 valence electrons. The van der Waals surface area contributed by atoms with Crippen LogP contribution >= 0.6 is 0 Å². The van der Waals surface area contributed by atoms with E-state index >= 15 is 0 Å². The molecule has 0 spiro atoms. The first-order valence-electron chi connectivity index (χ1n) is 11.1. The van der Waals surface area contributed by atoms with Crippen molar-refractivity contribution in [3.05, 3.63) is 59.7 Å². The minimum Gasteiger partial charge on any atom is -0.481 e. The fourth-order valence-electron chi connectivity index (χ4n) is 4.94. The van der Waals surface area contributed by atoms with E-state index < -0.39 is 42.6 Å². The molecule has 0 aliphatic heterocycles. The van der Waals surface area contributed by atoms with E-state index in [2.05, 4.69) is 5.32 Å². The lowest BCUT2D eigenvalue weighted by molar-refractivity contribution is -0.143. The van der Waals surface area contributed by atoms with Crippen LogP contribution in [0.1, 0.15) is 42.7 Å². The maximum Gasteiger partial charge on any atom is 0.407 e. The zero-order chi connectivity index (χ0) is 23.5. The average Bonchev–Trinajstić information content (AvgIpc) is 3.37. The van der Waals surface area contributed by atoms with Gasteiger partial charge < -0.3 is 25.2 Å². The van der Waals surface area contributed by atoms with E-state index in [1.807, 2.05) is 48.5 Å². The molecule has 0 aromatic heterocycles. The number of carboxylic acid groups (broad SMARTS) is 1. The van der Waals surface area contributed by atoms with Gasteiger partial charge in [-0.3, -0.25) is 9.59 Å². The van der Waals surface area contributed by atoms with Gasteiger partial charge in [-0.2, -0.15) is 0 Å². The molecular weight excluding hydrogens is 424 g/mol. The highest BCUT2D eigenvalue weighted by Gasteiger charge is 2.36. The molecule has 8 nitrogen and oxygen atoms in total. The normalized spacial score (nSPS) is 19.9. The van der Waals surface area contributed by atoms with Gasteiger partial charge in [-0.15, -0.1) is 0 Å². The fraction of sp³-hybridized carbons (Fsp3) is 0.400. The van der Waals surface area contributed by atoms with Gasteiger partial charge in [0.25, 0.3) is 0 Å². The molecule has 1 fully saturated rings. The number of rotatable bonds is 7. The molecule has 2 aliphatic carbocycles. The predicted octanol–water partition coefficient (Wildman–Crippen LogP) is 2.74. The Bertz CT molecular complexity index is 1010. The smallest absolute Gasteiger partial charge is 0.407 e. The van der Waals surface area contributed by atoms with Gasteiger partial charge in [0.15, 0.2) is 0 Å².